The zero-order chi connectivity index (χ0) is 23.0. The molecule has 0 saturated heterocycles. The van der Waals surface area contributed by atoms with E-state index in [1.165, 1.54) is 0 Å². The van der Waals surface area contributed by atoms with E-state index in [2.05, 4.69) is 43.4 Å². The Kier molecular flexibility index (Phi) is 5.81. The molecule has 0 radical (unpaired) electrons. The van der Waals surface area contributed by atoms with E-state index in [0.717, 1.165) is 34.5 Å². The molecule has 166 valence electrons. The van der Waals surface area contributed by atoms with E-state index in [1.54, 1.807) is 0 Å². The minimum absolute atomic E-state index is 0.100. The Morgan fingerprint density at radius 1 is 1.00 bits per heavy atom. The molecule has 1 aliphatic heterocycles. The Bertz CT molecular complexity index is 1110. The molecule has 32 heavy (non-hydrogen) atoms. The number of hydrogen-bond donors (Lipinski definition) is 1. The van der Waals surface area contributed by atoms with Crippen LogP contribution in [0.1, 0.15) is 58.9 Å². The lowest BCUT2D eigenvalue weighted by molar-refractivity contribution is -0.143. The fraction of sp³-hybridized carbons (Fsp3) is 0.357. The molecule has 0 bridgehead atoms. The van der Waals surface area contributed by atoms with Gasteiger partial charge in [0.25, 0.3) is 0 Å². The van der Waals surface area contributed by atoms with Crippen molar-refractivity contribution in [3.05, 3.63) is 82.7 Å². The van der Waals surface area contributed by atoms with Gasteiger partial charge in [-0.2, -0.15) is 0 Å². The predicted molar refractivity (Wildman–Crippen MR) is 127 cm³/mol. The first-order valence-electron chi connectivity index (χ1n) is 11.3. The number of allylic oxidation sites excluding steroid dienone is 3. The van der Waals surface area contributed by atoms with Crippen molar-refractivity contribution in [1.29, 1.82) is 0 Å². The number of dihydropyridines is 1. The van der Waals surface area contributed by atoms with E-state index >= 15 is 0 Å². The molecule has 0 aromatic heterocycles. The summed E-state index contributed by atoms with van der Waals surface area (Å²) in [6.45, 7) is 9.81. The van der Waals surface area contributed by atoms with Gasteiger partial charge >= 0.3 is 5.97 Å². The van der Waals surface area contributed by atoms with Gasteiger partial charge < -0.3 is 10.1 Å². The van der Waals surface area contributed by atoms with E-state index < -0.39 is 5.92 Å². The van der Waals surface area contributed by atoms with Gasteiger partial charge in [-0.15, -0.1) is 0 Å². The molecule has 0 saturated carbocycles. The second-order valence-electron chi connectivity index (χ2n) is 9.87. The van der Waals surface area contributed by atoms with E-state index in [4.69, 9.17) is 4.74 Å². The van der Waals surface area contributed by atoms with Gasteiger partial charge in [0.1, 0.15) is 0 Å². The molecule has 0 amide bonds. The van der Waals surface area contributed by atoms with Crippen molar-refractivity contribution in [3.63, 3.8) is 0 Å². The summed E-state index contributed by atoms with van der Waals surface area (Å²) in [5, 5.41) is 3.38. The first kappa shape index (κ1) is 22.1. The number of nitrogens with one attached hydrogen (secondary N) is 1. The summed E-state index contributed by atoms with van der Waals surface area (Å²) in [5.41, 5.74) is 5.98. The number of carbonyl (C=O) groups excluding carboxylic acids is 2. The van der Waals surface area contributed by atoms with Crippen LogP contribution in [-0.4, -0.2) is 17.9 Å². The molecule has 2 aliphatic rings. The highest BCUT2D eigenvalue weighted by Crippen LogP contribution is 2.47. The Morgan fingerprint density at radius 2 is 1.62 bits per heavy atom. The summed E-state index contributed by atoms with van der Waals surface area (Å²) in [7, 11) is 0. The summed E-state index contributed by atoms with van der Waals surface area (Å²) in [6, 6.07) is 18.4. The normalized spacial score (nSPS) is 20.2. The fourth-order valence-corrected chi connectivity index (χ4v) is 4.82. The maximum absolute atomic E-state index is 13.3. The number of hydrogen-bond acceptors (Lipinski definition) is 4. The maximum atomic E-state index is 13.3. The van der Waals surface area contributed by atoms with Gasteiger partial charge in [0.15, 0.2) is 5.78 Å². The Labute approximate surface area is 190 Å². The second-order valence-corrected chi connectivity index (χ2v) is 9.87. The van der Waals surface area contributed by atoms with Crippen LogP contribution in [0.3, 0.4) is 0 Å². The number of Topliss-reactive ketones (excluding diaryl/α,β-unsaturated/α-hetero) is 1. The highest BCUT2D eigenvalue weighted by atomic mass is 16.5. The third-order valence-corrected chi connectivity index (χ3v) is 6.15. The number of ketones is 1. The topological polar surface area (TPSA) is 55.4 Å². The smallest absolute Gasteiger partial charge is 0.337 e. The van der Waals surface area contributed by atoms with Gasteiger partial charge in [-0.25, -0.2) is 4.79 Å². The monoisotopic (exact) mass is 429 g/mol. The molecule has 0 fully saturated rings. The van der Waals surface area contributed by atoms with E-state index in [9.17, 15) is 9.59 Å². The molecule has 1 aliphatic carbocycles. The van der Waals surface area contributed by atoms with Crippen molar-refractivity contribution in [2.45, 2.75) is 59.5 Å². The molecular weight excluding hydrogens is 398 g/mol. The van der Waals surface area contributed by atoms with Gasteiger partial charge in [-0.1, -0.05) is 68.4 Å². The van der Waals surface area contributed by atoms with Crippen molar-refractivity contribution < 1.29 is 14.3 Å². The molecular formula is C28H31NO3. The molecule has 1 N–H and O–H groups in total. The van der Waals surface area contributed by atoms with Crippen LogP contribution in [0, 0.1) is 5.41 Å². The van der Waals surface area contributed by atoms with Crippen LogP contribution in [0.5, 0.6) is 0 Å². The summed E-state index contributed by atoms with van der Waals surface area (Å²) in [6.07, 6.45) is 1.01. The lowest BCUT2D eigenvalue weighted by Gasteiger charge is -2.39. The zero-order valence-corrected chi connectivity index (χ0v) is 19.5. The first-order valence-corrected chi connectivity index (χ1v) is 11.3. The number of benzene rings is 2. The van der Waals surface area contributed by atoms with Crippen molar-refractivity contribution >= 4 is 11.8 Å². The molecule has 4 nitrogen and oxygen atoms in total. The van der Waals surface area contributed by atoms with E-state index in [1.807, 2.05) is 51.1 Å². The highest BCUT2D eigenvalue weighted by molar-refractivity contribution is 6.04. The van der Waals surface area contributed by atoms with Gasteiger partial charge in [0, 0.05) is 29.3 Å². The number of ether oxygens (including phenoxy) is 1. The minimum atomic E-state index is -0.425. The van der Waals surface area contributed by atoms with Crippen LogP contribution in [0.4, 0.5) is 0 Å². The van der Waals surface area contributed by atoms with Crippen molar-refractivity contribution in [2.75, 3.05) is 0 Å². The standard InChI is InChI=1S/C28H31NO3/c1-17(2)32-27(31)24-18(3)29-22-15-28(4,5)16-23(30)26(22)25(24)21-13-11-20(12-14-21)19-9-7-6-8-10-19/h6-14,17,25,29H,15-16H2,1-5H3. The quantitative estimate of drug-likeness (QED) is 0.614. The van der Waals surface area contributed by atoms with Crippen LogP contribution in [0.2, 0.25) is 0 Å². The Balaban J connectivity index is 1.81. The van der Waals surface area contributed by atoms with Crippen LogP contribution >= 0.6 is 0 Å². The first-order chi connectivity index (χ1) is 15.2. The molecule has 1 heterocycles. The molecule has 1 atom stereocenters. The maximum Gasteiger partial charge on any atom is 0.337 e. The number of carbonyl (C=O) groups is 2. The molecule has 2 aromatic rings. The van der Waals surface area contributed by atoms with E-state index in [-0.39, 0.29) is 23.3 Å². The molecule has 1 unspecified atom stereocenters. The molecule has 0 spiro atoms. The highest BCUT2D eigenvalue weighted by Gasteiger charge is 2.43. The van der Waals surface area contributed by atoms with Gasteiger partial charge in [-0.05, 0) is 49.3 Å². The SMILES string of the molecule is CC1=C(C(=O)OC(C)C)C(c2ccc(-c3ccccc3)cc2)C2=C(CC(C)(C)CC2=O)N1. The zero-order valence-electron chi connectivity index (χ0n) is 19.5. The van der Waals surface area contributed by atoms with Crippen molar-refractivity contribution in [1.82, 2.24) is 5.32 Å². The second kappa shape index (κ2) is 8.42. The van der Waals surface area contributed by atoms with E-state index in [0.29, 0.717) is 17.6 Å². The minimum Gasteiger partial charge on any atom is -0.460 e. The summed E-state index contributed by atoms with van der Waals surface area (Å²) >= 11 is 0. The summed E-state index contributed by atoms with van der Waals surface area (Å²) in [5.74, 6) is -0.694. The Hall–Kier alpha value is -3.14. The van der Waals surface area contributed by atoms with Crippen molar-refractivity contribution in [2.24, 2.45) is 5.41 Å². The lowest BCUT2D eigenvalue weighted by atomic mass is 9.68. The predicted octanol–water partition coefficient (Wildman–Crippen LogP) is 5.91. The lowest BCUT2D eigenvalue weighted by Crippen LogP contribution is -2.39. The molecule has 2 aromatic carbocycles. The number of rotatable bonds is 4. The van der Waals surface area contributed by atoms with Crippen LogP contribution in [-0.2, 0) is 14.3 Å². The van der Waals surface area contributed by atoms with Crippen molar-refractivity contribution in [3.8, 4) is 11.1 Å². The average molecular weight is 430 g/mol. The number of esters is 1. The third-order valence-electron chi connectivity index (χ3n) is 6.15. The van der Waals surface area contributed by atoms with Crippen LogP contribution in [0.25, 0.3) is 11.1 Å². The van der Waals surface area contributed by atoms with Gasteiger partial charge in [0.05, 0.1) is 11.7 Å². The summed E-state index contributed by atoms with van der Waals surface area (Å²) in [4.78, 5) is 26.5. The average Bonchev–Trinajstić information content (AvgIpc) is 2.72. The molecule has 4 rings (SSSR count). The van der Waals surface area contributed by atoms with Gasteiger partial charge in [0.2, 0.25) is 0 Å². The largest absolute Gasteiger partial charge is 0.460 e. The molecule has 4 heteroatoms. The summed E-state index contributed by atoms with van der Waals surface area (Å²) < 4.78 is 5.59. The Morgan fingerprint density at radius 3 is 2.25 bits per heavy atom. The van der Waals surface area contributed by atoms with Crippen LogP contribution in [0.15, 0.2) is 77.1 Å². The third kappa shape index (κ3) is 4.27. The van der Waals surface area contributed by atoms with Crippen LogP contribution < -0.4 is 5.32 Å². The fourth-order valence-electron chi connectivity index (χ4n) is 4.82. The van der Waals surface area contributed by atoms with Gasteiger partial charge in [-0.3, -0.25) is 4.79 Å².